The van der Waals surface area contributed by atoms with Crippen LogP contribution in [0.1, 0.15) is 0 Å². The molecule has 0 atom stereocenters. The summed E-state index contributed by atoms with van der Waals surface area (Å²) < 4.78 is 1.07. The molecule has 0 fully saturated rings. The molecule has 3 rings (SSSR count). The number of aromatic nitrogens is 3. The zero-order valence-corrected chi connectivity index (χ0v) is 9.25. The second-order valence-corrected chi connectivity index (χ2v) is 3.97. The van der Waals surface area contributed by atoms with E-state index in [2.05, 4.69) is 9.97 Å². The van der Waals surface area contributed by atoms with E-state index in [9.17, 15) is 9.59 Å². The third-order valence-corrected chi connectivity index (χ3v) is 2.79. The van der Waals surface area contributed by atoms with Crippen LogP contribution in [-0.2, 0) is 11.3 Å². The van der Waals surface area contributed by atoms with Gasteiger partial charge in [-0.05, 0) is 6.07 Å². The summed E-state index contributed by atoms with van der Waals surface area (Å²) in [4.78, 5) is 29.8. The molecule has 3 aromatic rings. The summed E-state index contributed by atoms with van der Waals surface area (Å²) in [6.45, 7) is -0.392. The number of fused-ring (bicyclic) bond motifs is 3. The summed E-state index contributed by atoms with van der Waals surface area (Å²) in [5, 5.41) is 9.56. The van der Waals surface area contributed by atoms with Crippen molar-refractivity contribution in [2.75, 3.05) is 0 Å². The van der Waals surface area contributed by atoms with Crippen molar-refractivity contribution in [3.63, 3.8) is 0 Å². The van der Waals surface area contributed by atoms with Crippen molar-refractivity contribution in [1.29, 1.82) is 0 Å². The number of carboxylic acids is 1. The highest BCUT2D eigenvalue weighted by Crippen LogP contribution is 2.20. The van der Waals surface area contributed by atoms with Gasteiger partial charge in [-0.3, -0.25) is 14.2 Å². The van der Waals surface area contributed by atoms with Crippen molar-refractivity contribution < 1.29 is 9.90 Å². The van der Waals surface area contributed by atoms with E-state index >= 15 is 0 Å². The van der Waals surface area contributed by atoms with Crippen LogP contribution in [0.5, 0.6) is 0 Å². The number of hydrogen-bond acceptors (Lipinski definition) is 3. The summed E-state index contributed by atoms with van der Waals surface area (Å²) in [6.07, 6.45) is 1.26. The molecule has 18 heavy (non-hydrogen) atoms. The summed E-state index contributed by atoms with van der Waals surface area (Å²) in [5.41, 5.74) is 1.33. The first kappa shape index (κ1) is 10.5. The SMILES string of the molecule is O=C(O)Cn1cnc2c([nH]c3ccccc32)c1=O. The first-order chi connectivity index (χ1) is 8.66. The molecule has 0 saturated carbocycles. The fourth-order valence-corrected chi connectivity index (χ4v) is 2.00. The largest absolute Gasteiger partial charge is 0.480 e. The molecule has 0 saturated heterocycles. The molecule has 0 radical (unpaired) electrons. The number of carboxylic acid groups (broad SMARTS) is 1. The summed E-state index contributed by atoms with van der Waals surface area (Å²) in [5.74, 6) is -1.07. The van der Waals surface area contributed by atoms with Crippen LogP contribution in [0.15, 0.2) is 35.4 Å². The van der Waals surface area contributed by atoms with Gasteiger partial charge in [-0.15, -0.1) is 0 Å². The first-order valence-corrected chi connectivity index (χ1v) is 5.34. The van der Waals surface area contributed by atoms with E-state index in [1.54, 1.807) is 0 Å². The molecule has 6 heteroatoms. The van der Waals surface area contributed by atoms with Crippen molar-refractivity contribution in [1.82, 2.24) is 14.5 Å². The van der Waals surface area contributed by atoms with Gasteiger partial charge in [-0.2, -0.15) is 0 Å². The third kappa shape index (κ3) is 1.46. The van der Waals surface area contributed by atoms with Gasteiger partial charge in [0.15, 0.2) is 0 Å². The lowest BCUT2D eigenvalue weighted by Crippen LogP contribution is -2.24. The van der Waals surface area contributed by atoms with Crippen LogP contribution in [0.3, 0.4) is 0 Å². The predicted octanol–water partition coefficient (Wildman–Crippen LogP) is 0.962. The normalized spacial score (nSPS) is 11.1. The molecule has 6 nitrogen and oxygen atoms in total. The van der Waals surface area contributed by atoms with Gasteiger partial charge in [-0.25, -0.2) is 4.98 Å². The number of hydrogen-bond donors (Lipinski definition) is 2. The van der Waals surface area contributed by atoms with Crippen LogP contribution < -0.4 is 5.56 Å². The smallest absolute Gasteiger partial charge is 0.323 e. The van der Waals surface area contributed by atoms with Crippen LogP contribution in [0, 0.1) is 0 Å². The van der Waals surface area contributed by atoms with Crippen LogP contribution in [0.25, 0.3) is 21.9 Å². The minimum atomic E-state index is -1.07. The second kappa shape index (κ2) is 3.69. The van der Waals surface area contributed by atoms with Gasteiger partial charge in [0.25, 0.3) is 5.56 Å². The van der Waals surface area contributed by atoms with Crippen LogP contribution in [-0.4, -0.2) is 25.6 Å². The Kier molecular flexibility index (Phi) is 2.16. The van der Waals surface area contributed by atoms with Crippen molar-refractivity contribution in [2.24, 2.45) is 0 Å². The molecule has 90 valence electrons. The van der Waals surface area contributed by atoms with Crippen molar-refractivity contribution in [3.05, 3.63) is 40.9 Å². The monoisotopic (exact) mass is 243 g/mol. The number of nitrogens with zero attached hydrogens (tertiary/aromatic N) is 2. The number of nitrogens with one attached hydrogen (secondary N) is 1. The average molecular weight is 243 g/mol. The molecule has 0 amide bonds. The van der Waals surface area contributed by atoms with Gasteiger partial charge in [0.05, 0.1) is 6.33 Å². The molecule has 0 bridgehead atoms. The molecule has 1 aromatic carbocycles. The van der Waals surface area contributed by atoms with Crippen LogP contribution in [0.2, 0.25) is 0 Å². The van der Waals surface area contributed by atoms with Crippen molar-refractivity contribution >= 4 is 27.9 Å². The maximum absolute atomic E-state index is 12.1. The number of aliphatic carboxylic acids is 1. The highest BCUT2D eigenvalue weighted by Gasteiger charge is 2.11. The Labute approximate surface area is 101 Å². The molecule has 0 aliphatic rings. The molecule has 2 N–H and O–H groups in total. The van der Waals surface area contributed by atoms with Crippen molar-refractivity contribution in [2.45, 2.75) is 6.54 Å². The standard InChI is InChI=1S/C12H9N3O3/c16-9(17)5-15-6-13-10-7-3-1-2-4-8(7)14-11(10)12(15)18/h1-4,6,14H,5H2,(H,16,17). The summed E-state index contributed by atoms with van der Waals surface area (Å²) in [6, 6.07) is 7.42. The minimum absolute atomic E-state index is 0.333. The molecule has 0 spiro atoms. The van der Waals surface area contributed by atoms with E-state index < -0.39 is 12.5 Å². The van der Waals surface area contributed by atoms with Crippen LogP contribution in [0.4, 0.5) is 0 Å². The Morgan fingerprint density at radius 1 is 1.39 bits per heavy atom. The van der Waals surface area contributed by atoms with E-state index in [1.165, 1.54) is 6.33 Å². The molecular formula is C12H9N3O3. The number of benzene rings is 1. The first-order valence-electron chi connectivity index (χ1n) is 5.34. The summed E-state index contributed by atoms with van der Waals surface area (Å²) >= 11 is 0. The lowest BCUT2D eigenvalue weighted by molar-refractivity contribution is -0.137. The Morgan fingerprint density at radius 2 is 2.17 bits per heavy atom. The van der Waals surface area contributed by atoms with Crippen LogP contribution >= 0.6 is 0 Å². The van der Waals surface area contributed by atoms with Gasteiger partial charge in [0.2, 0.25) is 0 Å². The highest BCUT2D eigenvalue weighted by atomic mass is 16.4. The lowest BCUT2D eigenvalue weighted by Gasteiger charge is -2.00. The molecule has 2 heterocycles. The lowest BCUT2D eigenvalue weighted by atomic mass is 10.2. The zero-order chi connectivity index (χ0) is 12.7. The van der Waals surface area contributed by atoms with Crippen molar-refractivity contribution in [3.8, 4) is 0 Å². The maximum atomic E-state index is 12.1. The van der Waals surface area contributed by atoms with Gasteiger partial charge in [0, 0.05) is 10.9 Å². The highest BCUT2D eigenvalue weighted by molar-refractivity contribution is 6.04. The molecule has 0 unspecified atom stereocenters. The molecule has 0 aliphatic heterocycles. The van der Waals surface area contributed by atoms with E-state index in [0.717, 1.165) is 15.5 Å². The Balaban J connectivity index is 2.35. The maximum Gasteiger partial charge on any atom is 0.323 e. The second-order valence-electron chi connectivity index (χ2n) is 3.97. The number of H-pyrrole nitrogens is 1. The summed E-state index contributed by atoms with van der Waals surface area (Å²) in [7, 11) is 0. The predicted molar refractivity (Wildman–Crippen MR) is 65.5 cm³/mol. The fourth-order valence-electron chi connectivity index (χ4n) is 2.00. The zero-order valence-electron chi connectivity index (χ0n) is 9.25. The van der Waals surface area contributed by atoms with E-state index in [-0.39, 0.29) is 5.56 Å². The number of carbonyl (C=O) groups is 1. The van der Waals surface area contributed by atoms with Gasteiger partial charge in [0.1, 0.15) is 17.6 Å². The fraction of sp³-hybridized carbons (Fsp3) is 0.0833. The number of para-hydroxylation sites is 1. The molecule has 0 aliphatic carbocycles. The van der Waals surface area contributed by atoms with E-state index in [0.29, 0.717) is 11.0 Å². The Hall–Kier alpha value is -2.63. The molecule has 2 aromatic heterocycles. The number of aromatic amines is 1. The van der Waals surface area contributed by atoms with E-state index in [4.69, 9.17) is 5.11 Å². The minimum Gasteiger partial charge on any atom is -0.480 e. The Bertz CT molecular complexity index is 816. The van der Waals surface area contributed by atoms with Gasteiger partial charge < -0.3 is 10.1 Å². The Morgan fingerprint density at radius 3 is 2.94 bits per heavy atom. The van der Waals surface area contributed by atoms with Gasteiger partial charge in [-0.1, -0.05) is 18.2 Å². The van der Waals surface area contributed by atoms with Gasteiger partial charge >= 0.3 is 5.97 Å². The van der Waals surface area contributed by atoms with E-state index in [1.807, 2.05) is 24.3 Å². The average Bonchev–Trinajstić information content (AvgIpc) is 2.72. The third-order valence-electron chi connectivity index (χ3n) is 2.79. The molecular weight excluding hydrogens is 234 g/mol. The number of rotatable bonds is 2. The quantitative estimate of drug-likeness (QED) is 0.701. The topological polar surface area (TPSA) is 88.0 Å².